The van der Waals surface area contributed by atoms with Crippen molar-refractivity contribution in [3.63, 3.8) is 0 Å². The van der Waals surface area contributed by atoms with Crippen LogP contribution in [0, 0.1) is 0 Å². The van der Waals surface area contributed by atoms with Gasteiger partial charge in [-0.1, -0.05) is 0 Å². The first-order chi connectivity index (χ1) is 20.7. The largest absolute Gasteiger partial charge is 0.394 e. The Morgan fingerprint density at radius 2 is 0.977 bits per heavy atom. The maximum absolute atomic E-state index is 11.2. The van der Waals surface area contributed by atoms with E-state index in [2.05, 4.69) is 0 Å². The van der Waals surface area contributed by atoms with E-state index in [9.17, 15) is 46.0 Å². The quantitative estimate of drug-likeness (QED) is 0.111. The molecule has 44 heavy (non-hydrogen) atoms. The van der Waals surface area contributed by atoms with Gasteiger partial charge in [-0.15, -0.1) is 0 Å². The Hall–Kier alpha value is -0.800. The molecule has 20 heteroatoms. The second-order valence-electron chi connectivity index (χ2n) is 11.7. The van der Waals surface area contributed by atoms with Crippen LogP contribution in [0.15, 0.2) is 0 Å². The molecule has 0 radical (unpaired) electrons. The van der Waals surface area contributed by atoms with Crippen molar-refractivity contribution in [2.75, 3.05) is 19.8 Å². The van der Waals surface area contributed by atoms with E-state index in [0.717, 1.165) is 0 Å². The Morgan fingerprint density at radius 1 is 0.500 bits per heavy atom. The van der Waals surface area contributed by atoms with E-state index in [1.54, 1.807) is 0 Å². The van der Waals surface area contributed by atoms with Gasteiger partial charge in [0.05, 0.1) is 25.3 Å². The Balaban J connectivity index is 1.44. The van der Waals surface area contributed by atoms with Crippen molar-refractivity contribution in [1.82, 2.24) is 0 Å². The fraction of sp³-hybridized carbons (Fsp3) is 1.00. The summed E-state index contributed by atoms with van der Waals surface area (Å²) in [5.74, 6) is 0. The fourth-order valence-electron chi connectivity index (χ4n) is 5.93. The Bertz CT molecular complexity index is 912. The summed E-state index contributed by atoms with van der Waals surface area (Å²) in [5.41, 5.74) is 30.4. The van der Waals surface area contributed by atoms with Crippen molar-refractivity contribution >= 4 is 0 Å². The van der Waals surface area contributed by atoms with Crippen LogP contribution >= 0.6 is 0 Å². The van der Waals surface area contributed by atoms with E-state index in [4.69, 9.17) is 57.1 Å². The molecule has 1 aliphatic carbocycles. The van der Waals surface area contributed by atoms with Gasteiger partial charge in [0.25, 0.3) is 0 Å². The molecule has 0 spiro atoms. The van der Waals surface area contributed by atoms with Crippen LogP contribution in [-0.2, 0) is 28.4 Å². The first kappa shape index (κ1) is 36.0. The lowest BCUT2D eigenvalue weighted by Gasteiger charge is -2.49. The first-order valence-electron chi connectivity index (χ1n) is 14.4. The molecular weight excluding hydrogens is 598 g/mol. The molecule has 0 amide bonds. The van der Waals surface area contributed by atoms with Gasteiger partial charge < -0.3 is 103 Å². The molecule has 20 nitrogen and oxygen atoms in total. The predicted molar refractivity (Wildman–Crippen MR) is 142 cm³/mol. The van der Waals surface area contributed by atoms with Gasteiger partial charge in [0.15, 0.2) is 18.9 Å². The third-order valence-electron chi connectivity index (χ3n) is 8.67. The number of ether oxygens (including phenoxy) is 6. The normalized spacial score (nSPS) is 53.9. The van der Waals surface area contributed by atoms with E-state index in [1.807, 2.05) is 0 Å². The molecule has 19 N–H and O–H groups in total. The van der Waals surface area contributed by atoms with Crippen LogP contribution in [0.5, 0.6) is 0 Å². The zero-order valence-corrected chi connectivity index (χ0v) is 23.7. The van der Waals surface area contributed by atoms with Gasteiger partial charge in [-0.25, -0.2) is 0 Å². The van der Waals surface area contributed by atoms with Crippen LogP contribution in [0.1, 0.15) is 6.42 Å². The van der Waals surface area contributed by atoms with E-state index in [-0.39, 0.29) is 13.0 Å². The number of nitrogens with two attached hydrogens (primary N) is 5. The summed E-state index contributed by atoms with van der Waals surface area (Å²) in [5, 5.41) is 92.3. The highest BCUT2D eigenvalue weighted by Gasteiger charge is 2.53. The van der Waals surface area contributed by atoms with Crippen molar-refractivity contribution in [3.8, 4) is 0 Å². The summed E-state index contributed by atoms with van der Waals surface area (Å²) in [6.45, 7) is -1.60. The summed E-state index contributed by atoms with van der Waals surface area (Å²) < 4.78 is 34.1. The Labute approximate surface area is 252 Å². The highest BCUT2D eigenvalue weighted by atomic mass is 16.7. The highest BCUT2D eigenvalue weighted by molar-refractivity contribution is 5.02. The van der Waals surface area contributed by atoms with Crippen molar-refractivity contribution in [2.45, 2.75) is 129 Å². The molecule has 0 unspecified atom stereocenters. The molecule has 1 saturated carbocycles. The summed E-state index contributed by atoms with van der Waals surface area (Å²) in [6, 6.07) is -4.36. The average molecular weight is 646 g/mol. The van der Waals surface area contributed by atoms with Crippen LogP contribution in [0.25, 0.3) is 0 Å². The first-order valence-corrected chi connectivity index (χ1v) is 14.4. The smallest absolute Gasteiger partial charge is 0.187 e. The Morgan fingerprint density at radius 3 is 1.52 bits per heavy atom. The van der Waals surface area contributed by atoms with E-state index in [1.165, 1.54) is 0 Å². The molecule has 4 fully saturated rings. The lowest BCUT2D eigenvalue weighted by atomic mass is 9.84. The minimum Gasteiger partial charge on any atom is -0.394 e. The molecule has 0 bridgehead atoms. The zero-order chi connectivity index (χ0) is 32.6. The van der Waals surface area contributed by atoms with Gasteiger partial charge >= 0.3 is 0 Å². The topological polar surface area (TPSA) is 368 Å². The number of rotatable bonds is 9. The molecular formula is C24H47N5O15. The standard InChI is InChI=1S/C24H47N5O15/c25-2-7-21(44-24-17(37)16(36)13(33)9(4-31)41-24)14(34)11(29)22(39-7)42-19-5(26)1-6(27)20(18(19)38)43-23-15(35)10(28)12(32)8(3-30)40-23/h5-24,30-38H,1-4,25-29H2/t5-,6+,7+,8+,9+,10-,11+,12+,13+,14+,15+,16-,17+,18-,19+,20-,21+,22+,23+,24+/m0/s1. The zero-order valence-electron chi connectivity index (χ0n) is 23.7. The van der Waals surface area contributed by atoms with Gasteiger partial charge in [-0.2, -0.15) is 0 Å². The van der Waals surface area contributed by atoms with Crippen molar-refractivity contribution < 1.29 is 74.4 Å². The number of aliphatic hydroxyl groups is 9. The van der Waals surface area contributed by atoms with E-state index in [0.29, 0.717) is 0 Å². The van der Waals surface area contributed by atoms with Crippen molar-refractivity contribution in [2.24, 2.45) is 28.7 Å². The van der Waals surface area contributed by atoms with Crippen molar-refractivity contribution in [1.29, 1.82) is 0 Å². The van der Waals surface area contributed by atoms with Gasteiger partial charge in [-0.3, -0.25) is 0 Å². The van der Waals surface area contributed by atoms with Gasteiger partial charge in [-0.05, 0) is 6.42 Å². The fourth-order valence-corrected chi connectivity index (χ4v) is 5.93. The second-order valence-corrected chi connectivity index (χ2v) is 11.7. The molecule has 0 aromatic rings. The molecule has 0 aromatic carbocycles. The summed E-state index contributed by atoms with van der Waals surface area (Å²) >= 11 is 0. The van der Waals surface area contributed by atoms with Crippen LogP contribution in [-0.4, -0.2) is 188 Å². The molecule has 3 saturated heterocycles. The molecule has 3 heterocycles. The monoisotopic (exact) mass is 645 g/mol. The highest BCUT2D eigenvalue weighted by Crippen LogP contribution is 2.33. The van der Waals surface area contributed by atoms with Gasteiger partial charge in [0, 0.05) is 18.6 Å². The van der Waals surface area contributed by atoms with Crippen LogP contribution in [0.2, 0.25) is 0 Å². The maximum Gasteiger partial charge on any atom is 0.187 e. The molecule has 4 rings (SSSR count). The third kappa shape index (κ3) is 7.05. The minimum atomic E-state index is -1.77. The van der Waals surface area contributed by atoms with Crippen LogP contribution in [0.4, 0.5) is 0 Å². The van der Waals surface area contributed by atoms with Crippen LogP contribution in [0.3, 0.4) is 0 Å². The molecule has 20 atom stereocenters. The number of hydrogen-bond acceptors (Lipinski definition) is 20. The number of hydrogen-bond donors (Lipinski definition) is 14. The summed E-state index contributed by atoms with van der Waals surface area (Å²) in [6.07, 6.45) is -23.1. The van der Waals surface area contributed by atoms with Crippen LogP contribution < -0.4 is 28.7 Å². The number of aliphatic hydroxyl groups excluding tert-OH is 9. The average Bonchev–Trinajstić information content (AvgIpc) is 3.00. The summed E-state index contributed by atoms with van der Waals surface area (Å²) in [7, 11) is 0. The summed E-state index contributed by atoms with van der Waals surface area (Å²) in [4.78, 5) is 0. The molecule has 4 aliphatic rings. The van der Waals surface area contributed by atoms with Crippen molar-refractivity contribution in [3.05, 3.63) is 0 Å². The lowest BCUT2D eigenvalue weighted by Crippen LogP contribution is -2.70. The van der Waals surface area contributed by atoms with Gasteiger partial charge in [0.1, 0.15) is 79.4 Å². The SMILES string of the molecule is NC[C@H]1O[C@H](O[C@H]2[C@H](O)[C@@H](O[C@H]3O[C@H](CO)[C@@H](O)[C@H](N)[C@H]3O)[C@H](N)C[C@@H]2N)[C@H](N)[C@@H](O)[C@@H]1O[C@H]1O[C@H](CO)[C@@H](O)[C@H](O)[C@H]1O. The molecule has 258 valence electrons. The van der Waals surface area contributed by atoms with E-state index >= 15 is 0 Å². The predicted octanol–water partition coefficient (Wildman–Crippen LogP) is -9.50. The minimum absolute atomic E-state index is 0.0426. The van der Waals surface area contributed by atoms with Gasteiger partial charge in [0.2, 0.25) is 0 Å². The molecule has 0 aromatic heterocycles. The third-order valence-corrected chi connectivity index (χ3v) is 8.67. The maximum atomic E-state index is 11.2. The molecule has 3 aliphatic heterocycles. The Kier molecular flexibility index (Phi) is 12.3. The lowest BCUT2D eigenvalue weighted by molar-refractivity contribution is -0.351. The van der Waals surface area contributed by atoms with E-state index < -0.39 is 136 Å². The second kappa shape index (κ2) is 15.0.